The summed E-state index contributed by atoms with van der Waals surface area (Å²) in [5, 5.41) is 7.70. The summed E-state index contributed by atoms with van der Waals surface area (Å²) < 4.78 is 2.26. The van der Waals surface area contributed by atoms with Gasteiger partial charge in [-0.05, 0) is 59.5 Å². The number of carbonyl (C=O) groups excluding carboxylic acids is 3. The molecular weight excluding hydrogens is 511 g/mol. The Morgan fingerprint density at radius 3 is 2.71 bits per heavy atom. The Morgan fingerprint density at radius 1 is 1.13 bits per heavy atom. The van der Waals surface area contributed by atoms with Gasteiger partial charge >= 0.3 is 0 Å². The molecule has 31 heavy (non-hydrogen) atoms. The van der Waals surface area contributed by atoms with Crippen LogP contribution in [0.1, 0.15) is 23.3 Å². The number of amides is 3. The number of rotatable bonds is 5. The molecule has 3 amide bonds. The highest BCUT2D eigenvalue weighted by Crippen LogP contribution is 2.48. The van der Waals surface area contributed by atoms with Crippen LogP contribution in [0.25, 0.3) is 10.9 Å². The van der Waals surface area contributed by atoms with E-state index in [0.717, 1.165) is 10.1 Å². The van der Waals surface area contributed by atoms with Gasteiger partial charge in [-0.1, -0.05) is 24.3 Å². The van der Waals surface area contributed by atoms with Crippen molar-refractivity contribution in [2.75, 3.05) is 5.32 Å². The maximum atomic E-state index is 13.2. The van der Waals surface area contributed by atoms with E-state index in [-0.39, 0.29) is 30.1 Å². The second-order valence-electron chi connectivity index (χ2n) is 7.84. The van der Waals surface area contributed by atoms with E-state index in [9.17, 15) is 14.4 Å². The number of para-hydroxylation sites is 1. The first kappa shape index (κ1) is 19.9. The summed E-state index contributed by atoms with van der Waals surface area (Å²) in [5.74, 6) is -0.274. The Balaban J connectivity index is 1.38. The first-order valence-corrected chi connectivity index (χ1v) is 11.0. The fraction of sp³-hybridized carbons (Fsp3) is 0.286. The van der Waals surface area contributed by atoms with Crippen molar-refractivity contribution in [3.63, 3.8) is 0 Å². The Labute approximate surface area is 191 Å². The molecule has 0 radical (unpaired) electrons. The lowest BCUT2D eigenvalue weighted by molar-refractivity contribution is -0.138. The van der Waals surface area contributed by atoms with E-state index < -0.39 is 11.9 Å². The normalized spacial score (nSPS) is 21.7. The number of pyridine rings is 1. The molecular formula is C21H19IN6O3. The number of benzene rings is 1. The monoisotopic (exact) mass is 530 g/mol. The predicted molar refractivity (Wildman–Crippen MR) is 121 cm³/mol. The van der Waals surface area contributed by atoms with Gasteiger partial charge in [0.2, 0.25) is 11.8 Å². The molecule has 1 aromatic carbocycles. The largest absolute Gasteiger partial charge is 0.364 e. The summed E-state index contributed by atoms with van der Waals surface area (Å²) in [5.41, 5.74) is 6.24. The smallest absolute Gasteiger partial charge is 0.269 e. The van der Waals surface area contributed by atoms with Crippen LogP contribution in [0.2, 0.25) is 0 Å². The van der Waals surface area contributed by atoms with Crippen molar-refractivity contribution in [2.45, 2.75) is 31.5 Å². The van der Waals surface area contributed by atoms with Gasteiger partial charge in [0.15, 0.2) is 5.69 Å². The summed E-state index contributed by atoms with van der Waals surface area (Å²) in [4.78, 5) is 43.9. The number of carbonyl (C=O) groups is 3. The van der Waals surface area contributed by atoms with Crippen LogP contribution in [0, 0.1) is 9.62 Å². The van der Waals surface area contributed by atoms with Crippen molar-refractivity contribution >= 4 is 57.0 Å². The molecule has 1 saturated carbocycles. The lowest BCUT2D eigenvalue weighted by Crippen LogP contribution is -2.46. The zero-order valence-corrected chi connectivity index (χ0v) is 18.5. The SMILES string of the molecule is NC(=O)c1nn(CC(=O)N2[C@@H]3CC3C[C@H]2C(=O)Nc2cccc(I)n2)c2ccccc12. The lowest BCUT2D eigenvalue weighted by Gasteiger charge is -2.26. The van der Waals surface area contributed by atoms with Gasteiger partial charge < -0.3 is 16.0 Å². The first-order valence-electron chi connectivity index (χ1n) is 9.92. The summed E-state index contributed by atoms with van der Waals surface area (Å²) >= 11 is 2.08. The molecule has 5 rings (SSSR count). The minimum atomic E-state index is -0.645. The van der Waals surface area contributed by atoms with Crippen molar-refractivity contribution in [3.05, 3.63) is 51.9 Å². The van der Waals surface area contributed by atoms with Crippen LogP contribution in [0.4, 0.5) is 5.82 Å². The van der Waals surface area contributed by atoms with E-state index in [1.807, 2.05) is 18.2 Å². The van der Waals surface area contributed by atoms with Crippen LogP contribution in [-0.2, 0) is 16.1 Å². The van der Waals surface area contributed by atoms with Crippen molar-refractivity contribution in [1.82, 2.24) is 19.7 Å². The third kappa shape index (κ3) is 3.64. The van der Waals surface area contributed by atoms with E-state index in [1.54, 1.807) is 29.2 Å². The average Bonchev–Trinajstić information content (AvgIpc) is 3.24. The van der Waals surface area contributed by atoms with Gasteiger partial charge in [0.25, 0.3) is 5.91 Å². The molecule has 1 aliphatic heterocycles. The fourth-order valence-corrected chi connectivity index (χ4v) is 4.84. The molecule has 3 N–H and O–H groups in total. The molecule has 3 aromatic rings. The Morgan fingerprint density at radius 2 is 1.94 bits per heavy atom. The third-order valence-electron chi connectivity index (χ3n) is 5.84. The molecule has 9 nitrogen and oxygen atoms in total. The topological polar surface area (TPSA) is 123 Å². The third-order valence-corrected chi connectivity index (χ3v) is 6.44. The van der Waals surface area contributed by atoms with Gasteiger partial charge in [0.05, 0.1) is 5.52 Å². The molecule has 2 aromatic heterocycles. The Bertz CT molecular complexity index is 1220. The van der Waals surface area contributed by atoms with Gasteiger partial charge in [-0.15, -0.1) is 0 Å². The molecule has 1 saturated heterocycles. The van der Waals surface area contributed by atoms with Crippen LogP contribution in [0.5, 0.6) is 0 Å². The maximum absolute atomic E-state index is 13.2. The maximum Gasteiger partial charge on any atom is 0.269 e. The second-order valence-corrected chi connectivity index (χ2v) is 8.94. The van der Waals surface area contributed by atoms with Crippen LogP contribution in [0.3, 0.4) is 0 Å². The number of hydrogen-bond donors (Lipinski definition) is 2. The summed E-state index contributed by atoms with van der Waals surface area (Å²) in [6.07, 6.45) is 1.54. The summed E-state index contributed by atoms with van der Waals surface area (Å²) in [6.45, 7) is -0.0672. The predicted octanol–water partition coefficient (Wildman–Crippen LogP) is 1.76. The van der Waals surface area contributed by atoms with E-state index in [1.165, 1.54) is 4.68 Å². The molecule has 2 aliphatic rings. The van der Waals surface area contributed by atoms with Crippen molar-refractivity contribution in [2.24, 2.45) is 11.7 Å². The van der Waals surface area contributed by atoms with Crippen molar-refractivity contribution < 1.29 is 14.4 Å². The number of nitrogens with one attached hydrogen (secondary N) is 1. The highest BCUT2D eigenvalue weighted by atomic mass is 127. The van der Waals surface area contributed by atoms with Gasteiger partial charge in [-0.25, -0.2) is 4.98 Å². The number of hydrogen-bond acceptors (Lipinski definition) is 5. The minimum absolute atomic E-state index is 0.0672. The number of halogens is 1. The second kappa shape index (κ2) is 7.59. The molecule has 1 unspecified atom stereocenters. The molecule has 0 bridgehead atoms. The summed E-state index contributed by atoms with van der Waals surface area (Å²) in [6, 6.07) is 12.1. The fourth-order valence-electron chi connectivity index (χ4n) is 4.38. The molecule has 10 heteroatoms. The van der Waals surface area contributed by atoms with Gasteiger partial charge in [0.1, 0.15) is 22.1 Å². The van der Waals surface area contributed by atoms with Gasteiger partial charge in [-0.3, -0.25) is 19.1 Å². The number of likely N-dealkylation sites (tertiary alicyclic amines) is 1. The van der Waals surface area contributed by atoms with E-state index in [4.69, 9.17) is 5.73 Å². The molecule has 1 aliphatic carbocycles. The Hall–Kier alpha value is -3.02. The van der Waals surface area contributed by atoms with E-state index in [2.05, 4.69) is 38.0 Å². The quantitative estimate of drug-likeness (QED) is 0.385. The van der Waals surface area contributed by atoms with Gasteiger partial charge in [0, 0.05) is 11.4 Å². The zero-order valence-electron chi connectivity index (χ0n) is 16.4. The molecule has 0 spiro atoms. The lowest BCUT2D eigenvalue weighted by atomic mass is 10.1. The van der Waals surface area contributed by atoms with Crippen molar-refractivity contribution in [3.8, 4) is 0 Å². The summed E-state index contributed by atoms with van der Waals surface area (Å²) in [7, 11) is 0. The number of piperidine rings is 1. The number of anilines is 1. The molecule has 2 fully saturated rings. The van der Waals surface area contributed by atoms with E-state index in [0.29, 0.717) is 29.1 Å². The zero-order chi connectivity index (χ0) is 21.7. The molecule has 3 atom stereocenters. The first-order chi connectivity index (χ1) is 14.9. The van der Waals surface area contributed by atoms with E-state index >= 15 is 0 Å². The number of primary amides is 1. The molecule has 158 valence electrons. The number of nitrogens with two attached hydrogens (primary N) is 1. The standard InChI is InChI=1S/C21H19IN6O3/c22-16-6-3-7-17(24-16)25-21(31)15-9-11-8-14(11)28(15)18(29)10-27-13-5-2-1-4-12(13)19(26-27)20(23)30/h1-7,11,14-15H,8-10H2,(H2,23,30)(H,24,25,31)/t11?,14-,15+/m1/s1. The van der Waals surface area contributed by atoms with Gasteiger partial charge in [-0.2, -0.15) is 5.10 Å². The minimum Gasteiger partial charge on any atom is -0.364 e. The van der Waals surface area contributed by atoms with Crippen molar-refractivity contribution in [1.29, 1.82) is 0 Å². The van der Waals surface area contributed by atoms with Crippen LogP contribution in [-0.4, -0.2) is 49.5 Å². The van der Waals surface area contributed by atoms with Crippen LogP contribution >= 0.6 is 22.6 Å². The average molecular weight is 530 g/mol. The van der Waals surface area contributed by atoms with Crippen LogP contribution < -0.4 is 11.1 Å². The Kier molecular flexibility index (Phi) is 4.88. The number of aromatic nitrogens is 3. The molecule has 3 heterocycles. The highest BCUT2D eigenvalue weighted by molar-refractivity contribution is 14.1. The van der Waals surface area contributed by atoms with Crippen LogP contribution in [0.15, 0.2) is 42.5 Å². The highest BCUT2D eigenvalue weighted by Gasteiger charge is 2.56. The number of nitrogens with zero attached hydrogens (tertiary/aromatic N) is 4. The number of fused-ring (bicyclic) bond motifs is 2.